The Morgan fingerprint density at radius 3 is 2.26 bits per heavy atom. The molecule has 0 saturated heterocycles. The molecule has 0 bridgehead atoms. The summed E-state index contributed by atoms with van der Waals surface area (Å²) in [6, 6.07) is 8.09. The van der Waals surface area contributed by atoms with Crippen molar-refractivity contribution in [2.24, 2.45) is 0 Å². The van der Waals surface area contributed by atoms with Gasteiger partial charge in [-0.15, -0.1) is 0 Å². The Kier molecular flexibility index (Phi) is 8.33. The summed E-state index contributed by atoms with van der Waals surface area (Å²) in [5.41, 5.74) is 2.29. The number of aryl methyl sites for hydroxylation is 1. The Bertz CT molecular complexity index is 497. The number of rotatable bonds is 9. The Labute approximate surface area is 139 Å². The molecular formula is C18H29N3O2. The Balaban J connectivity index is 2.31. The van der Waals surface area contributed by atoms with Gasteiger partial charge in [-0.2, -0.15) is 0 Å². The maximum atomic E-state index is 11.9. The Morgan fingerprint density at radius 1 is 1.04 bits per heavy atom. The highest BCUT2D eigenvalue weighted by molar-refractivity contribution is 5.78. The van der Waals surface area contributed by atoms with Crippen molar-refractivity contribution in [3.63, 3.8) is 0 Å². The molecule has 1 N–H and O–H groups in total. The van der Waals surface area contributed by atoms with Crippen LogP contribution in [0.1, 0.15) is 30.9 Å². The van der Waals surface area contributed by atoms with Crippen molar-refractivity contribution in [2.45, 2.75) is 33.2 Å². The van der Waals surface area contributed by atoms with Crippen LogP contribution >= 0.6 is 0 Å². The van der Waals surface area contributed by atoms with Gasteiger partial charge in [0.1, 0.15) is 0 Å². The van der Waals surface area contributed by atoms with Crippen molar-refractivity contribution in [1.82, 2.24) is 15.1 Å². The van der Waals surface area contributed by atoms with Gasteiger partial charge in [-0.1, -0.05) is 29.8 Å². The number of carbonyl (C=O) groups is 2. The molecule has 0 spiro atoms. The van der Waals surface area contributed by atoms with Crippen LogP contribution in [0.2, 0.25) is 0 Å². The third kappa shape index (κ3) is 8.35. The van der Waals surface area contributed by atoms with Crippen molar-refractivity contribution in [2.75, 3.05) is 33.7 Å². The largest absolute Gasteiger partial charge is 0.352 e. The molecule has 5 nitrogen and oxygen atoms in total. The van der Waals surface area contributed by atoms with E-state index in [2.05, 4.69) is 10.2 Å². The van der Waals surface area contributed by atoms with Gasteiger partial charge in [0.05, 0.1) is 0 Å². The summed E-state index contributed by atoms with van der Waals surface area (Å²) in [6.07, 6.45) is 1.25. The van der Waals surface area contributed by atoms with E-state index in [0.717, 1.165) is 18.5 Å². The van der Waals surface area contributed by atoms with Crippen LogP contribution in [-0.4, -0.2) is 55.3 Å². The van der Waals surface area contributed by atoms with E-state index in [9.17, 15) is 9.59 Å². The molecule has 1 rings (SSSR count). The Hall–Kier alpha value is -1.88. The predicted octanol–water partition coefficient (Wildman–Crippen LogP) is 1.80. The van der Waals surface area contributed by atoms with Crippen LogP contribution in [0.25, 0.3) is 0 Å². The smallest absolute Gasteiger partial charge is 0.222 e. The van der Waals surface area contributed by atoms with Gasteiger partial charge in [0.25, 0.3) is 0 Å². The second kappa shape index (κ2) is 10.0. The van der Waals surface area contributed by atoms with Crippen LogP contribution < -0.4 is 5.32 Å². The summed E-state index contributed by atoms with van der Waals surface area (Å²) in [6.45, 7) is 6.22. The van der Waals surface area contributed by atoms with E-state index in [0.29, 0.717) is 26.1 Å². The van der Waals surface area contributed by atoms with Crippen LogP contribution in [0, 0.1) is 6.92 Å². The lowest BCUT2D eigenvalue weighted by Gasteiger charge is -2.21. The molecule has 0 atom stereocenters. The molecule has 0 aromatic heterocycles. The molecule has 5 heteroatoms. The second-order valence-electron chi connectivity index (χ2n) is 6.18. The van der Waals surface area contributed by atoms with Gasteiger partial charge < -0.3 is 15.1 Å². The monoisotopic (exact) mass is 319 g/mol. The van der Waals surface area contributed by atoms with Crippen LogP contribution in [-0.2, 0) is 16.1 Å². The van der Waals surface area contributed by atoms with Gasteiger partial charge in [0.2, 0.25) is 11.8 Å². The molecule has 128 valence electrons. The maximum absolute atomic E-state index is 11.9. The summed E-state index contributed by atoms with van der Waals surface area (Å²) in [5, 5.41) is 2.90. The van der Waals surface area contributed by atoms with E-state index in [1.165, 1.54) is 5.56 Å². The average molecular weight is 319 g/mol. The molecular weight excluding hydrogens is 290 g/mol. The Morgan fingerprint density at radius 2 is 1.70 bits per heavy atom. The predicted molar refractivity (Wildman–Crippen MR) is 93.1 cm³/mol. The minimum Gasteiger partial charge on any atom is -0.352 e. The summed E-state index contributed by atoms with van der Waals surface area (Å²) in [4.78, 5) is 27.4. The topological polar surface area (TPSA) is 52.7 Å². The standard InChI is InChI=1S/C18H29N3O2/c1-15-6-8-17(9-7-15)14-19-18(23)10-13-21(16(2)22)12-5-11-20(3)4/h6-9H,5,10-14H2,1-4H3,(H,19,23). The molecule has 1 aromatic rings. The third-order valence-corrected chi connectivity index (χ3v) is 3.70. The normalized spacial score (nSPS) is 10.7. The number of carbonyl (C=O) groups excluding carboxylic acids is 2. The minimum absolute atomic E-state index is 0.0232. The number of amides is 2. The third-order valence-electron chi connectivity index (χ3n) is 3.70. The van der Waals surface area contributed by atoms with Gasteiger partial charge in [0.15, 0.2) is 0 Å². The molecule has 0 unspecified atom stereocenters. The quantitative estimate of drug-likeness (QED) is 0.755. The number of hydrogen-bond donors (Lipinski definition) is 1. The molecule has 0 heterocycles. The molecule has 2 amide bonds. The number of benzene rings is 1. The van der Waals surface area contributed by atoms with Crippen molar-refractivity contribution in [1.29, 1.82) is 0 Å². The molecule has 0 aliphatic carbocycles. The van der Waals surface area contributed by atoms with Gasteiger partial charge in [-0.3, -0.25) is 9.59 Å². The van der Waals surface area contributed by atoms with Crippen molar-refractivity contribution in [3.8, 4) is 0 Å². The van der Waals surface area contributed by atoms with E-state index in [4.69, 9.17) is 0 Å². The summed E-state index contributed by atoms with van der Waals surface area (Å²) < 4.78 is 0. The second-order valence-corrected chi connectivity index (χ2v) is 6.18. The van der Waals surface area contributed by atoms with Crippen LogP contribution in [0.5, 0.6) is 0 Å². The highest BCUT2D eigenvalue weighted by atomic mass is 16.2. The van der Waals surface area contributed by atoms with E-state index in [-0.39, 0.29) is 11.8 Å². The summed E-state index contributed by atoms with van der Waals surface area (Å²) >= 11 is 0. The summed E-state index contributed by atoms with van der Waals surface area (Å²) in [7, 11) is 4.02. The molecule has 0 aliphatic rings. The fourth-order valence-electron chi connectivity index (χ4n) is 2.24. The fraction of sp³-hybridized carbons (Fsp3) is 0.556. The van der Waals surface area contributed by atoms with Gasteiger partial charge in [-0.25, -0.2) is 0 Å². The lowest BCUT2D eigenvalue weighted by Crippen LogP contribution is -2.35. The first-order valence-electron chi connectivity index (χ1n) is 8.11. The van der Waals surface area contributed by atoms with Crippen molar-refractivity contribution >= 4 is 11.8 Å². The van der Waals surface area contributed by atoms with Crippen LogP contribution in [0.15, 0.2) is 24.3 Å². The van der Waals surface area contributed by atoms with Crippen LogP contribution in [0.3, 0.4) is 0 Å². The number of nitrogens with zero attached hydrogens (tertiary/aromatic N) is 2. The molecule has 23 heavy (non-hydrogen) atoms. The number of hydrogen-bond acceptors (Lipinski definition) is 3. The molecule has 0 saturated carbocycles. The zero-order valence-corrected chi connectivity index (χ0v) is 14.8. The van der Waals surface area contributed by atoms with Crippen LogP contribution in [0.4, 0.5) is 0 Å². The van der Waals surface area contributed by atoms with Gasteiger partial charge >= 0.3 is 0 Å². The minimum atomic E-state index is -0.0237. The lowest BCUT2D eigenvalue weighted by atomic mass is 10.1. The van der Waals surface area contributed by atoms with Crippen molar-refractivity contribution in [3.05, 3.63) is 35.4 Å². The van der Waals surface area contributed by atoms with E-state index in [1.807, 2.05) is 45.3 Å². The molecule has 0 aliphatic heterocycles. The number of nitrogens with one attached hydrogen (secondary N) is 1. The molecule has 0 radical (unpaired) electrons. The zero-order valence-electron chi connectivity index (χ0n) is 14.8. The fourth-order valence-corrected chi connectivity index (χ4v) is 2.24. The van der Waals surface area contributed by atoms with Gasteiger partial charge in [-0.05, 0) is 39.5 Å². The zero-order chi connectivity index (χ0) is 17.2. The SMILES string of the molecule is CC(=O)N(CCCN(C)C)CCC(=O)NCc1ccc(C)cc1. The molecule has 0 fully saturated rings. The van der Waals surface area contributed by atoms with Gasteiger partial charge in [0, 0.05) is 33.0 Å². The maximum Gasteiger partial charge on any atom is 0.222 e. The van der Waals surface area contributed by atoms with Crippen molar-refractivity contribution < 1.29 is 9.59 Å². The first kappa shape index (κ1) is 19.2. The van der Waals surface area contributed by atoms with E-state index >= 15 is 0 Å². The lowest BCUT2D eigenvalue weighted by molar-refractivity contribution is -0.129. The first-order chi connectivity index (χ1) is 10.9. The van der Waals surface area contributed by atoms with E-state index in [1.54, 1.807) is 11.8 Å². The average Bonchev–Trinajstić information content (AvgIpc) is 2.49. The van der Waals surface area contributed by atoms with E-state index < -0.39 is 0 Å². The highest BCUT2D eigenvalue weighted by Crippen LogP contribution is 2.03. The summed E-state index contributed by atoms with van der Waals surface area (Å²) in [5.74, 6) is -0.000440. The first-order valence-corrected chi connectivity index (χ1v) is 8.11. The molecule has 1 aromatic carbocycles. The highest BCUT2D eigenvalue weighted by Gasteiger charge is 2.11.